The first-order valence-corrected chi connectivity index (χ1v) is 9.30. The van der Waals surface area contributed by atoms with Crippen molar-refractivity contribution in [3.8, 4) is 0 Å². The second kappa shape index (κ2) is 10.3. The van der Waals surface area contributed by atoms with Crippen molar-refractivity contribution in [1.29, 1.82) is 0 Å². The molecule has 124 valence electrons. The molecule has 2 aromatic rings. The zero-order valence-corrected chi connectivity index (χ0v) is 14.5. The summed E-state index contributed by atoms with van der Waals surface area (Å²) in [5.74, 6) is 1.11. The van der Waals surface area contributed by atoms with Gasteiger partial charge in [-0.05, 0) is 48.4 Å². The molecule has 0 saturated heterocycles. The number of nitrogens with one attached hydrogen (secondary N) is 1. The third kappa shape index (κ3) is 6.63. The Bertz CT molecular complexity index is 615. The van der Waals surface area contributed by atoms with Gasteiger partial charge in [-0.25, -0.2) is 5.48 Å². The van der Waals surface area contributed by atoms with Crippen molar-refractivity contribution >= 4 is 28.4 Å². The second-order valence-electron chi connectivity index (χ2n) is 5.48. The summed E-state index contributed by atoms with van der Waals surface area (Å²) in [5, 5.41) is 2.60. The number of amides is 1. The van der Waals surface area contributed by atoms with Crippen LogP contribution < -0.4 is 5.48 Å². The van der Waals surface area contributed by atoms with Gasteiger partial charge in [-0.15, -0.1) is 11.8 Å². The van der Waals surface area contributed by atoms with E-state index < -0.39 is 0 Å². The van der Waals surface area contributed by atoms with Crippen LogP contribution in [0.25, 0.3) is 10.8 Å². The van der Waals surface area contributed by atoms with Gasteiger partial charge in [0, 0.05) is 11.3 Å². The van der Waals surface area contributed by atoms with Crippen molar-refractivity contribution < 1.29 is 9.63 Å². The SMILES string of the molecule is CCONC(=O)CCCCCCSc1ccc2ccccc2c1. The van der Waals surface area contributed by atoms with Gasteiger partial charge in [0.25, 0.3) is 0 Å². The van der Waals surface area contributed by atoms with E-state index in [1.54, 1.807) is 0 Å². The van der Waals surface area contributed by atoms with E-state index in [-0.39, 0.29) is 5.91 Å². The van der Waals surface area contributed by atoms with Gasteiger partial charge >= 0.3 is 0 Å². The van der Waals surface area contributed by atoms with Gasteiger partial charge in [0.1, 0.15) is 0 Å². The van der Waals surface area contributed by atoms with E-state index >= 15 is 0 Å². The van der Waals surface area contributed by atoms with Crippen LogP contribution in [0.15, 0.2) is 47.4 Å². The lowest BCUT2D eigenvalue weighted by Gasteiger charge is -2.05. The van der Waals surface area contributed by atoms with E-state index in [2.05, 4.69) is 47.9 Å². The van der Waals surface area contributed by atoms with Crippen LogP contribution in [0, 0.1) is 0 Å². The first-order valence-electron chi connectivity index (χ1n) is 8.32. The minimum atomic E-state index is -0.0163. The molecule has 2 aromatic carbocycles. The Kier molecular flexibility index (Phi) is 7.98. The van der Waals surface area contributed by atoms with Gasteiger partial charge in [-0.1, -0.05) is 43.2 Å². The summed E-state index contributed by atoms with van der Waals surface area (Å²) in [6, 6.07) is 15.1. The van der Waals surface area contributed by atoms with Gasteiger partial charge in [0.15, 0.2) is 0 Å². The maximum absolute atomic E-state index is 11.3. The molecule has 0 saturated carbocycles. The smallest absolute Gasteiger partial charge is 0.243 e. The third-order valence-electron chi connectivity index (χ3n) is 3.62. The van der Waals surface area contributed by atoms with E-state index in [1.807, 2.05) is 18.7 Å². The van der Waals surface area contributed by atoms with E-state index in [9.17, 15) is 4.79 Å². The monoisotopic (exact) mass is 331 g/mol. The molecule has 0 bridgehead atoms. The molecule has 0 aliphatic rings. The Morgan fingerprint density at radius 3 is 2.65 bits per heavy atom. The lowest BCUT2D eigenvalue weighted by Crippen LogP contribution is -2.23. The van der Waals surface area contributed by atoms with Crippen LogP contribution in [0.2, 0.25) is 0 Å². The van der Waals surface area contributed by atoms with Gasteiger partial charge in [0.2, 0.25) is 5.91 Å². The maximum Gasteiger partial charge on any atom is 0.243 e. The van der Waals surface area contributed by atoms with Crippen molar-refractivity contribution in [3.05, 3.63) is 42.5 Å². The molecule has 0 unspecified atom stereocenters. The molecular weight excluding hydrogens is 306 g/mol. The van der Waals surface area contributed by atoms with Crippen molar-refractivity contribution in [2.75, 3.05) is 12.4 Å². The van der Waals surface area contributed by atoms with Crippen LogP contribution in [0.5, 0.6) is 0 Å². The first-order chi connectivity index (χ1) is 11.3. The number of fused-ring (bicyclic) bond motifs is 1. The molecule has 0 heterocycles. The number of hydrogen-bond acceptors (Lipinski definition) is 3. The molecule has 1 amide bonds. The van der Waals surface area contributed by atoms with E-state index in [1.165, 1.54) is 28.5 Å². The maximum atomic E-state index is 11.3. The average Bonchev–Trinajstić information content (AvgIpc) is 2.59. The fourth-order valence-electron chi connectivity index (χ4n) is 2.39. The number of hydroxylamine groups is 1. The molecule has 0 aliphatic heterocycles. The number of carbonyl (C=O) groups excluding carboxylic acids is 1. The van der Waals surface area contributed by atoms with Crippen molar-refractivity contribution in [2.24, 2.45) is 0 Å². The minimum Gasteiger partial charge on any atom is -0.274 e. The number of benzene rings is 2. The topological polar surface area (TPSA) is 38.3 Å². The Morgan fingerprint density at radius 1 is 1.04 bits per heavy atom. The van der Waals surface area contributed by atoms with Crippen LogP contribution >= 0.6 is 11.8 Å². The summed E-state index contributed by atoms with van der Waals surface area (Å²) in [6.45, 7) is 2.37. The number of hydrogen-bond donors (Lipinski definition) is 1. The van der Waals surface area contributed by atoms with Gasteiger partial charge in [0.05, 0.1) is 6.61 Å². The zero-order chi connectivity index (χ0) is 16.3. The highest BCUT2D eigenvalue weighted by Crippen LogP contribution is 2.24. The van der Waals surface area contributed by atoms with Crippen LogP contribution in [0.3, 0.4) is 0 Å². The highest BCUT2D eigenvalue weighted by molar-refractivity contribution is 7.99. The van der Waals surface area contributed by atoms with Gasteiger partial charge in [-0.2, -0.15) is 0 Å². The quantitative estimate of drug-likeness (QED) is 0.380. The molecule has 0 fully saturated rings. The highest BCUT2D eigenvalue weighted by Gasteiger charge is 2.01. The largest absolute Gasteiger partial charge is 0.274 e. The molecule has 0 radical (unpaired) electrons. The summed E-state index contributed by atoms with van der Waals surface area (Å²) < 4.78 is 0. The molecule has 0 aliphatic carbocycles. The molecule has 0 spiro atoms. The average molecular weight is 331 g/mol. The van der Waals surface area contributed by atoms with E-state index in [4.69, 9.17) is 4.84 Å². The fourth-order valence-corrected chi connectivity index (χ4v) is 3.35. The van der Waals surface area contributed by atoms with Crippen molar-refractivity contribution in [3.63, 3.8) is 0 Å². The van der Waals surface area contributed by atoms with Crippen LogP contribution in [-0.4, -0.2) is 18.3 Å². The summed E-state index contributed by atoms with van der Waals surface area (Å²) in [5.41, 5.74) is 2.43. The van der Waals surface area contributed by atoms with Gasteiger partial charge < -0.3 is 0 Å². The molecule has 23 heavy (non-hydrogen) atoms. The Balaban J connectivity index is 1.57. The predicted octanol–water partition coefficient (Wildman–Crippen LogP) is 4.95. The standard InChI is InChI=1S/C19H25NO2S/c1-2-22-20-19(21)11-5-3-4-8-14-23-18-13-12-16-9-6-7-10-17(16)15-18/h6-7,9-10,12-13,15H,2-5,8,11,14H2,1H3,(H,20,21). The molecule has 1 N–H and O–H groups in total. The Hall–Kier alpha value is -1.52. The lowest BCUT2D eigenvalue weighted by molar-refractivity contribution is -0.133. The second-order valence-corrected chi connectivity index (χ2v) is 6.65. The predicted molar refractivity (Wildman–Crippen MR) is 97.5 cm³/mol. The Morgan fingerprint density at radius 2 is 1.83 bits per heavy atom. The van der Waals surface area contributed by atoms with Crippen molar-refractivity contribution in [1.82, 2.24) is 5.48 Å². The van der Waals surface area contributed by atoms with Gasteiger partial charge in [-0.3, -0.25) is 9.63 Å². The van der Waals surface area contributed by atoms with Crippen LogP contribution in [0.1, 0.15) is 39.0 Å². The van der Waals surface area contributed by atoms with Crippen LogP contribution in [0.4, 0.5) is 0 Å². The summed E-state index contributed by atoms with van der Waals surface area (Å²) in [7, 11) is 0. The molecule has 4 heteroatoms. The molecule has 0 aromatic heterocycles. The fraction of sp³-hybridized carbons (Fsp3) is 0.421. The zero-order valence-electron chi connectivity index (χ0n) is 13.7. The molecule has 0 atom stereocenters. The first kappa shape index (κ1) is 17.8. The molecular formula is C19H25NO2S. The molecule has 3 nitrogen and oxygen atoms in total. The van der Waals surface area contributed by atoms with Crippen LogP contribution in [-0.2, 0) is 9.63 Å². The normalized spacial score (nSPS) is 10.8. The third-order valence-corrected chi connectivity index (χ3v) is 4.70. The summed E-state index contributed by atoms with van der Waals surface area (Å²) in [6.07, 6.45) is 4.93. The number of rotatable bonds is 10. The number of carbonyl (C=O) groups is 1. The molecule has 2 rings (SSSR count). The number of unbranched alkanes of at least 4 members (excludes halogenated alkanes) is 3. The van der Waals surface area contributed by atoms with Crippen molar-refractivity contribution in [2.45, 2.75) is 43.9 Å². The lowest BCUT2D eigenvalue weighted by atomic mass is 10.1. The van der Waals surface area contributed by atoms with E-state index in [0.717, 1.165) is 18.6 Å². The van der Waals surface area contributed by atoms with E-state index in [0.29, 0.717) is 13.0 Å². The number of thioether (sulfide) groups is 1. The summed E-state index contributed by atoms with van der Waals surface area (Å²) in [4.78, 5) is 17.5. The minimum absolute atomic E-state index is 0.0163. The Labute approximate surface area is 142 Å². The highest BCUT2D eigenvalue weighted by atomic mass is 32.2. The summed E-state index contributed by atoms with van der Waals surface area (Å²) >= 11 is 1.91.